The van der Waals surface area contributed by atoms with Crippen LogP contribution in [0.15, 0.2) is 0 Å². The zero-order chi connectivity index (χ0) is 12.8. The average Bonchev–Trinajstić information content (AvgIpc) is 2.25. The van der Waals surface area contributed by atoms with Crippen LogP contribution < -0.4 is 5.32 Å². The zero-order valence-electron chi connectivity index (χ0n) is 11.9. The summed E-state index contributed by atoms with van der Waals surface area (Å²) in [5, 5.41) is 13.1. The van der Waals surface area contributed by atoms with E-state index in [-0.39, 0.29) is 6.10 Å². The summed E-state index contributed by atoms with van der Waals surface area (Å²) in [5.41, 5.74) is 0. The fraction of sp³-hybridized carbons (Fsp3) is 1.00. The molecule has 3 heteroatoms. The summed E-state index contributed by atoms with van der Waals surface area (Å²) in [7, 11) is 0. The molecule has 0 bridgehead atoms. The third-order valence-corrected chi connectivity index (χ3v) is 3.83. The Balaban J connectivity index is 2.18. The molecule has 0 aromatic heterocycles. The first-order valence-corrected chi connectivity index (χ1v) is 7.18. The van der Waals surface area contributed by atoms with E-state index in [1.54, 1.807) is 0 Å². The zero-order valence-corrected chi connectivity index (χ0v) is 11.9. The second-order valence-electron chi connectivity index (χ2n) is 5.88. The summed E-state index contributed by atoms with van der Waals surface area (Å²) in [6, 6.07) is 1.86. The van der Waals surface area contributed by atoms with Crippen LogP contribution in [0, 0.1) is 0 Å². The maximum atomic E-state index is 9.45. The molecule has 0 aromatic carbocycles. The van der Waals surface area contributed by atoms with Gasteiger partial charge in [0.1, 0.15) is 0 Å². The predicted molar refractivity (Wildman–Crippen MR) is 73.2 cm³/mol. The summed E-state index contributed by atoms with van der Waals surface area (Å²) >= 11 is 0. The predicted octanol–water partition coefficient (Wildman–Crippen LogP) is 2.00. The van der Waals surface area contributed by atoms with Gasteiger partial charge in [-0.15, -0.1) is 0 Å². The maximum absolute atomic E-state index is 9.45. The highest BCUT2D eigenvalue weighted by Crippen LogP contribution is 2.18. The molecule has 1 aliphatic carbocycles. The van der Waals surface area contributed by atoms with Gasteiger partial charge >= 0.3 is 0 Å². The molecule has 2 N–H and O–H groups in total. The van der Waals surface area contributed by atoms with Crippen LogP contribution in [0.4, 0.5) is 0 Å². The van der Waals surface area contributed by atoms with Gasteiger partial charge in [-0.1, -0.05) is 0 Å². The van der Waals surface area contributed by atoms with Crippen molar-refractivity contribution >= 4 is 0 Å². The molecular formula is C14H30N2O. The van der Waals surface area contributed by atoms with Gasteiger partial charge in [0.2, 0.25) is 0 Å². The number of nitrogens with zero attached hydrogens (tertiary/aromatic N) is 1. The Labute approximate surface area is 107 Å². The van der Waals surface area contributed by atoms with E-state index in [0.29, 0.717) is 18.1 Å². The SMILES string of the molecule is CC(C)N(CCNC1CCC(O)CC1)C(C)C. The number of aliphatic hydroxyl groups excluding tert-OH is 1. The molecule has 17 heavy (non-hydrogen) atoms. The second-order valence-corrected chi connectivity index (χ2v) is 5.88. The van der Waals surface area contributed by atoms with E-state index in [9.17, 15) is 5.11 Å². The minimum atomic E-state index is -0.0455. The highest BCUT2D eigenvalue weighted by Gasteiger charge is 2.19. The molecule has 0 unspecified atom stereocenters. The van der Waals surface area contributed by atoms with E-state index < -0.39 is 0 Å². The Bertz CT molecular complexity index is 190. The van der Waals surface area contributed by atoms with Gasteiger partial charge in [-0.05, 0) is 53.4 Å². The van der Waals surface area contributed by atoms with Crippen LogP contribution in [0.25, 0.3) is 0 Å². The van der Waals surface area contributed by atoms with Gasteiger partial charge in [0.15, 0.2) is 0 Å². The molecule has 0 saturated heterocycles. The fourth-order valence-electron chi connectivity index (χ4n) is 2.79. The summed E-state index contributed by atoms with van der Waals surface area (Å²) in [6.07, 6.45) is 4.15. The van der Waals surface area contributed by atoms with Crippen molar-refractivity contribution in [3.05, 3.63) is 0 Å². The molecule has 0 spiro atoms. The minimum absolute atomic E-state index is 0.0455. The number of hydrogen-bond acceptors (Lipinski definition) is 3. The third kappa shape index (κ3) is 5.36. The summed E-state index contributed by atoms with van der Waals surface area (Å²) in [4.78, 5) is 2.52. The Hall–Kier alpha value is -0.120. The van der Waals surface area contributed by atoms with Gasteiger partial charge in [0.25, 0.3) is 0 Å². The van der Waals surface area contributed by atoms with E-state index in [1.165, 1.54) is 0 Å². The Morgan fingerprint density at radius 1 is 1.06 bits per heavy atom. The summed E-state index contributed by atoms with van der Waals surface area (Å²) < 4.78 is 0. The van der Waals surface area contributed by atoms with Gasteiger partial charge in [-0.2, -0.15) is 0 Å². The lowest BCUT2D eigenvalue weighted by Crippen LogP contribution is -2.44. The molecule has 0 atom stereocenters. The van der Waals surface area contributed by atoms with Crippen molar-refractivity contribution in [2.75, 3.05) is 13.1 Å². The average molecular weight is 242 g/mol. The molecule has 0 aromatic rings. The van der Waals surface area contributed by atoms with Crippen LogP contribution in [-0.2, 0) is 0 Å². The molecular weight excluding hydrogens is 212 g/mol. The van der Waals surface area contributed by atoms with Gasteiger partial charge < -0.3 is 10.4 Å². The van der Waals surface area contributed by atoms with Crippen LogP contribution in [-0.4, -0.2) is 47.3 Å². The topological polar surface area (TPSA) is 35.5 Å². The third-order valence-electron chi connectivity index (χ3n) is 3.83. The molecule has 0 amide bonds. The highest BCUT2D eigenvalue weighted by molar-refractivity contribution is 4.77. The van der Waals surface area contributed by atoms with Crippen molar-refractivity contribution in [3.8, 4) is 0 Å². The van der Waals surface area contributed by atoms with Crippen LogP contribution in [0.2, 0.25) is 0 Å². The molecule has 1 aliphatic rings. The van der Waals surface area contributed by atoms with E-state index in [0.717, 1.165) is 38.8 Å². The highest BCUT2D eigenvalue weighted by atomic mass is 16.3. The van der Waals surface area contributed by atoms with Gasteiger partial charge in [-0.3, -0.25) is 4.90 Å². The van der Waals surface area contributed by atoms with Crippen molar-refractivity contribution in [1.29, 1.82) is 0 Å². The van der Waals surface area contributed by atoms with Crippen molar-refractivity contribution in [3.63, 3.8) is 0 Å². The second kappa shape index (κ2) is 7.34. The van der Waals surface area contributed by atoms with Gasteiger partial charge in [-0.25, -0.2) is 0 Å². The molecule has 1 rings (SSSR count). The number of rotatable bonds is 6. The summed E-state index contributed by atoms with van der Waals surface area (Å²) in [5.74, 6) is 0. The van der Waals surface area contributed by atoms with Crippen molar-refractivity contribution in [2.24, 2.45) is 0 Å². The summed E-state index contributed by atoms with van der Waals surface area (Å²) in [6.45, 7) is 11.2. The van der Waals surface area contributed by atoms with Crippen LogP contribution in [0.1, 0.15) is 53.4 Å². The molecule has 0 aliphatic heterocycles. The standard InChI is InChI=1S/C14H30N2O/c1-11(2)16(12(3)4)10-9-15-13-5-7-14(17)8-6-13/h11-15,17H,5-10H2,1-4H3. The van der Waals surface area contributed by atoms with Crippen LogP contribution in [0.5, 0.6) is 0 Å². The smallest absolute Gasteiger partial charge is 0.0541 e. The Morgan fingerprint density at radius 3 is 2.06 bits per heavy atom. The van der Waals surface area contributed by atoms with E-state index in [2.05, 4.69) is 37.9 Å². The number of nitrogens with one attached hydrogen (secondary N) is 1. The monoisotopic (exact) mass is 242 g/mol. The molecule has 1 saturated carbocycles. The lowest BCUT2D eigenvalue weighted by atomic mass is 9.93. The minimum Gasteiger partial charge on any atom is -0.393 e. The Morgan fingerprint density at radius 2 is 1.59 bits per heavy atom. The van der Waals surface area contributed by atoms with Crippen LogP contribution in [0.3, 0.4) is 0 Å². The molecule has 0 heterocycles. The van der Waals surface area contributed by atoms with Crippen LogP contribution >= 0.6 is 0 Å². The molecule has 3 nitrogen and oxygen atoms in total. The van der Waals surface area contributed by atoms with Crippen molar-refractivity contribution < 1.29 is 5.11 Å². The Kier molecular flexibility index (Phi) is 6.45. The van der Waals surface area contributed by atoms with Crippen molar-refractivity contribution in [2.45, 2.75) is 77.6 Å². The lowest BCUT2D eigenvalue weighted by Gasteiger charge is -2.32. The lowest BCUT2D eigenvalue weighted by molar-refractivity contribution is 0.114. The quantitative estimate of drug-likeness (QED) is 0.748. The molecule has 1 fully saturated rings. The van der Waals surface area contributed by atoms with Gasteiger partial charge in [0.05, 0.1) is 6.10 Å². The maximum Gasteiger partial charge on any atom is 0.0541 e. The number of aliphatic hydroxyl groups is 1. The molecule has 102 valence electrons. The van der Waals surface area contributed by atoms with E-state index in [1.807, 2.05) is 0 Å². The van der Waals surface area contributed by atoms with E-state index >= 15 is 0 Å². The first-order chi connectivity index (χ1) is 8.00. The fourth-order valence-corrected chi connectivity index (χ4v) is 2.79. The first kappa shape index (κ1) is 14.9. The number of hydrogen-bond donors (Lipinski definition) is 2. The molecule has 0 radical (unpaired) electrons. The van der Waals surface area contributed by atoms with Gasteiger partial charge in [0, 0.05) is 31.2 Å². The normalized spacial score (nSPS) is 26.1. The first-order valence-electron chi connectivity index (χ1n) is 7.18. The largest absolute Gasteiger partial charge is 0.393 e. The van der Waals surface area contributed by atoms with E-state index in [4.69, 9.17) is 0 Å². The van der Waals surface area contributed by atoms with Crippen molar-refractivity contribution in [1.82, 2.24) is 10.2 Å².